The zero-order valence-corrected chi connectivity index (χ0v) is 10.7. The highest BCUT2D eigenvalue weighted by Crippen LogP contribution is 2.14. The molecule has 0 radical (unpaired) electrons. The number of nitrogen functional groups attached to an aromatic ring is 1. The van der Waals surface area contributed by atoms with E-state index in [4.69, 9.17) is 5.73 Å². The molecule has 0 aliphatic heterocycles. The third-order valence-corrected chi connectivity index (χ3v) is 2.00. The minimum Gasteiger partial charge on any atom is -0.398 e. The molecule has 0 aliphatic carbocycles. The van der Waals surface area contributed by atoms with Crippen LogP contribution in [0.5, 0.6) is 0 Å². The van der Waals surface area contributed by atoms with Crippen molar-refractivity contribution in [2.45, 2.75) is 6.18 Å². The van der Waals surface area contributed by atoms with Gasteiger partial charge in [-0.2, -0.15) is 13.2 Å². The Balaban J connectivity index is 0.00000324. The normalized spacial score (nSPS) is 10.7. The van der Waals surface area contributed by atoms with Gasteiger partial charge in [-0.1, -0.05) is 12.1 Å². The highest BCUT2D eigenvalue weighted by molar-refractivity contribution is 5.99. The van der Waals surface area contributed by atoms with E-state index in [2.05, 4.69) is 10.1 Å². The average molecular weight is 299 g/mol. The first-order valence-electron chi connectivity index (χ1n) is 5.17. The Morgan fingerprint density at radius 3 is 2.53 bits per heavy atom. The van der Waals surface area contributed by atoms with Crippen molar-refractivity contribution in [2.75, 3.05) is 25.5 Å². The molecule has 0 bridgehead atoms. The number of hydrogen-bond acceptors (Lipinski definition) is 3. The van der Waals surface area contributed by atoms with Crippen LogP contribution in [-0.2, 0) is 4.74 Å². The Morgan fingerprint density at radius 2 is 1.95 bits per heavy atom. The van der Waals surface area contributed by atoms with Crippen molar-refractivity contribution in [3.05, 3.63) is 29.8 Å². The molecule has 0 aliphatic rings. The predicted molar refractivity (Wildman–Crippen MR) is 67.3 cm³/mol. The molecule has 0 atom stereocenters. The molecule has 8 heteroatoms. The first-order chi connectivity index (χ1) is 8.40. The van der Waals surface area contributed by atoms with Crippen molar-refractivity contribution < 1.29 is 22.7 Å². The van der Waals surface area contributed by atoms with Gasteiger partial charge in [0.25, 0.3) is 5.91 Å². The van der Waals surface area contributed by atoms with E-state index in [0.717, 1.165) is 0 Å². The third-order valence-electron chi connectivity index (χ3n) is 2.00. The molecule has 0 aromatic heterocycles. The lowest BCUT2D eigenvalue weighted by atomic mass is 10.2. The fraction of sp³-hybridized carbons (Fsp3) is 0.364. The number of rotatable bonds is 5. The van der Waals surface area contributed by atoms with Crippen LogP contribution in [0.15, 0.2) is 24.3 Å². The Hall–Kier alpha value is -1.47. The fourth-order valence-corrected chi connectivity index (χ4v) is 1.22. The molecule has 108 valence electrons. The van der Waals surface area contributed by atoms with Crippen molar-refractivity contribution in [3.8, 4) is 0 Å². The summed E-state index contributed by atoms with van der Waals surface area (Å²) in [4.78, 5) is 11.6. The van der Waals surface area contributed by atoms with Crippen LogP contribution in [0.3, 0.4) is 0 Å². The van der Waals surface area contributed by atoms with Crippen molar-refractivity contribution >= 4 is 24.0 Å². The summed E-state index contributed by atoms with van der Waals surface area (Å²) in [5.74, 6) is -0.441. The molecule has 1 aromatic carbocycles. The molecular weight excluding hydrogens is 285 g/mol. The largest absolute Gasteiger partial charge is 0.411 e. The van der Waals surface area contributed by atoms with E-state index in [1.54, 1.807) is 18.2 Å². The minimum atomic E-state index is -4.35. The van der Waals surface area contributed by atoms with Gasteiger partial charge in [-0.05, 0) is 12.1 Å². The van der Waals surface area contributed by atoms with E-state index in [0.29, 0.717) is 5.69 Å². The van der Waals surface area contributed by atoms with Crippen molar-refractivity contribution in [1.82, 2.24) is 5.32 Å². The maximum Gasteiger partial charge on any atom is 0.411 e. The van der Waals surface area contributed by atoms with Gasteiger partial charge in [-0.3, -0.25) is 4.79 Å². The highest BCUT2D eigenvalue weighted by atomic mass is 35.5. The number of carbonyl (C=O) groups excluding carboxylic acids is 1. The van der Waals surface area contributed by atoms with Crippen LogP contribution in [-0.4, -0.2) is 31.8 Å². The third kappa shape index (κ3) is 6.88. The number of amides is 1. The summed E-state index contributed by atoms with van der Waals surface area (Å²) in [5.41, 5.74) is 6.16. The first-order valence-corrected chi connectivity index (χ1v) is 5.17. The van der Waals surface area contributed by atoms with Gasteiger partial charge < -0.3 is 15.8 Å². The number of hydrogen-bond donors (Lipinski definition) is 2. The number of nitrogens with one attached hydrogen (secondary N) is 1. The molecule has 0 heterocycles. The molecule has 3 N–H and O–H groups in total. The maximum absolute atomic E-state index is 11.7. The number of anilines is 1. The van der Waals surface area contributed by atoms with E-state index < -0.39 is 18.7 Å². The topological polar surface area (TPSA) is 64.4 Å². The summed E-state index contributed by atoms with van der Waals surface area (Å²) in [6.07, 6.45) is -4.35. The van der Waals surface area contributed by atoms with Crippen molar-refractivity contribution in [1.29, 1.82) is 0 Å². The van der Waals surface area contributed by atoms with Gasteiger partial charge in [-0.15, -0.1) is 12.4 Å². The second kappa shape index (κ2) is 7.85. The molecule has 1 aromatic rings. The first kappa shape index (κ1) is 17.5. The molecule has 19 heavy (non-hydrogen) atoms. The number of carbonyl (C=O) groups is 1. The molecule has 1 rings (SSSR count). The van der Waals surface area contributed by atoms with Gasteiger partial charge in [0.05, 0.1) is 12.2 Å². The van der Waals surface area contributed by atoms with Crippen LogP contribution < -0.4 is 11.1 Å². The maximum atomic E-state index is 11.7. The molecule has 4 nitrogen and oxygen atoms in total. The quantitative estimate of drug-likeness (QED) is 0.645. The van der Waals surface area contributed by atoms with Gasteiger partial charge in [0.2, 0.25) is 0 Å². The average Bonchev–Trinajstić information content (AvgIpc) is 2.27. The zero-order chi connectivity index (χ0) is 13.6. The van der Waals surface area contributed by atoms with Crippen molar-refractivity contribution in [3.63, 3.8) is 0 Å². The van der Waals surface area contributed by atoms with Gasteiger partial charge in [-0.25, -0.2) is 0 Å². The zero-order valence-electron chi connectivity index (χ0n) is 9.87. The summed E-state index contributed by atoms with van der Waals surface area (Å²) in [7, 11) is 0. The number of nitrogens with two attached hydrogens (primary N) is 1. The van der Waals surface area contributed by atoms with Gasteiger partial charge >= 0.3 is 6.18 Å². The van der Waals surface area contributed by atoms with Crippen LogP contribution in [0.4, 0.5) is 18.9 Å². The second-order valence-corrected chi connectivity index (χ2v) is 3.51. The summed E-state index contributed by atoms with van der Waals surface area (Å²) in [5, 5.41) is 2.41. The van der Waals surface area contributed by atoms with E-state index >= 15 is 0 Å². The van der Waals surface area contributed by atoms with E-state index in [-0.39, 0.29) is 31.1 Å². The van der Waals surface area contributed by atoms with Gasteiger partial charge in [0, 0.05) is 12.2 Å². The smallest absolute Gasteiger partial charge is 0.398 e. The number of benzene rings is 1. The highest BCUT2D eigenvalue weighted by Gasteiger charge is 2.27. The molecule has 0 saturated heterocycles. The SMILES string of the molecule is Cl.Nc1ccccc1C(=O)NCCOCC(F)(F)F. The Bertz CT molecular complexity index is 413. The fourth-order valence-electron chi connectivity index (χ4n) is 1.22. The lowest BCUT2D eigenvalue weighted by Gasteiger charge is -2.09. The Morgan fingerprint density at radius 1 is 1.32 bits per heavy atom. The summed E-state index contributed by atoms with van der Waals surface area (Å²) >= 11 is 0. The standard InChI is InChI=1S/C11H13F3N2O2.ClH/c12-11(13,14)7-18-6-5-16-10(17)8-3-1-2-4-9(8)15;/h1-4H,5-7,15H2,(H,16,17);1H. The number of alkyl halides is 3. The molecule has 0 unspecified atom stereocenters. The summed E-state index contributed by atoms with van der Waals surface area (Å²) < 4.78 is 39.5. The molecule has 0 spiro atoms. The van der Waals surface area contributed by atoms with E-state index in [1.165, 1.54) is 6.07 Å². The van der Waals surface area contributed by atoms with Crippen molar-refractivity contribution in [2.24, 2.45) is 0 Å². The van der Waals surface area contributed by atoms with Crippen LogP contribution in [0.25, 0.3) is 0 Å². The van der Waals surface area contributed by atoms with Gasteiger partial charge in [0.1, 0.15) is 6.61 Å². The summed E-state index contributed by atoms with van der Waals surface area (Å²) in [6.45, 7) is -1.54. The monoisotopic (exact) mass is 298 g/mol. The minimum absolute atomic E-state index is 0. The number of halogens is 4. The number of para-hydroxylation sites is 1. The van der Waals surface area contributed by atoms with E-state index in [9.17, 15) is 18.0 Å². The molecular formula is C11H14ClF3N2O2. The number of ether oxygens (including phenoxy) is 1. The summed E-state index contributed by atoms with van der Waals surface area (Å²) in [6, 6.07) is 6.42. The molecule has 0 fully saturated rings. The Kier molecular flexibility index (Phi) is 7.25. The van der Waals surface area contributed by atoms with Crippen LogP contribution in [0.1, 0.15) is 10.4 Å². The lowest BCUT2D eigenvalue weighted by Crippen LogP contribution is -2.29. The van der Waals surface area contributed by atoms with Crippen LogP contribution >= 0.6 is 12.4 Å². The lowest BCUT2D eigenvalue weighted by molar-refractivity contribution is -0.173. The predicted octanol–water partition coefficient (Wildman–Crippen LogP) is 2.00. The van der Waals surface area contributed by atoms with Crippen LogP contribution in [0, 0.1) is 0 Å². The molecule has 1 amide bonds. The van der Waals surface area contributed by atoms with E-state index in [1.807, 2.05) is 0 Å². The molecule has 0 saturated carbocycles. The second-order valence-electron chi connectivity index (χ2n) is 3.51. The van der Waals surface area contributed by atoms with Crippen LogP contribution in [0.2, 0.25) is 0 Å². The Labute approximate surface area is 114 Å². The van der Waals surface area contributed by atoms with Gasteiger partial charge in [0.15, 0.2) is 0 Å².